The zero-order chi connectivity index (χ0) is 22.9. The molecule has 0 aromatic heterocycles. The average Bonchev–Trinajstić information content (AvgIpc) is 2.89. The predicted molar refractivity (Wildman–Crippen MR) is 132 cm³/mol. The van der Waals surface area contributed by atoms with E-state index in [1.165, 1.54) is 0 Å². The average molecular weight is 438 g/mol. The van der Waals surface area contributed by atoms with Crippen LogP contribution in [-0.4, -0.2) is 5.78 Å². The van der Waals surface area contributed by atoms with E-state index in [0.717, 1.165) is 22.6 Å². The monoisotopic (exact) mass is 437 g/mol. The van der Waals surface area contributed by atoms with Crippen molar-refractivity contribution in [3.8, 4) is 11.5 Å². The standard InChI is InChI=1S/C29H27NO3/c1-2-28(31)23-13-17-27(18-14-23)33-29(24-11-7-4-8-12-24)30-25-15-19-26(20-16-25)32-21-22-9-5-3-6-10-22/h3-20,29-30H,2,21H2,1H3. The molecule has 1 atom stereocenters. The van der Waals surface area contributed by atoms with E-state index in [1.54, 1.807) is 0 Å². The number of anilines is 1. The summed E-state index contributed by atoms with van der Waals surface area (Å²) in [5, 5.41) is 3.45. The summed E-state index contributed by atoms with van der Waals surface area (Å²) in [6, 6.07) is 35.2. The third kappa shape index (κ3) is 6.23. The van der Waals surface area contributed by atoms with Crippen LogP contribution in [0.4, 0.5) is 5.69 Å². The second-order valence-electron chi connectivity index (χ2n) is 7.65. The second kappa shape index (κ2) is 11.0. The number of nitrogens with one attached hydrogen (secondary N) is 1. The Labute approximate surface area is 194 Å². The molecule has 0 bridgehead atoms. The molecule has 0 amide bonds. The number of rotatable bonds is 10. The first-order valence-electron chi connectivity index (χ1n) is 11.1. The van der Waals surface area contributed by atoms with Gasteiger partial charge in [-0.15, -0.1) is 0 Å². The molecule has 33 heavy (non-hydrogen) atoms. The lowest BCUT2D eigenvalue weighted by Crippen LogP contribution is -2.17. The summed E-state index contributed by atoms with van der Waals surface area (Å²) in [5.74, 6) is 1.61. The van der Waals surface area contributed by atoms with E-state index in [1.807, 2.05) is 116 Å². The number of carbonyl (C=O) groups excluding carboxylic acids is 1. The van der Waals surface area contributed by atoms with Crippen molar-refractivity contribution in [1.82, 2.24) is 0 Å². The first-order valence-corrected chi connectivity index (χ1v) is 11.1. The topological polar surface area (TPSA) is 47.6 Å². The zero-order valence-corrected chi connectivity index (χ0v) is 18.6. The predicted octanol–water partition coefficient (Wildman–Crippen LogP) is 7.05. The van der Waals surface area contributed by atoms with Crippen molar-refractivity contribution in [3.63, 3.8) is 0 Å². The molecule has 0 saturated heterocycles. The maximum absolute atomic E-state index is 11.9. The van der Waals surface area contributed by atoms with E-state index in [0.29, 0.717) is 24.3 Å². The number of benzene rings is 4. The highest BCUT2D eigenvalue weighted by Gasteiger charge is 2.14. The molecular formula is C29H27NO3. The first-order chi connectivity index (χ1) is 16.2. The van der Waals surface area contributed by atoms with E-state index < -0.39 is 6.23 Å². The molecule has 0 radical (unpaired) electrons. The normalized spacial score (nSPS) is 11.4. The first kappa shape index (κ1) is 22.2. The van der Waals surface area contributed by atoms with Crippen molar-refractivity contribution in [2.24, 2.45) is 0 Å². The van der Waals surface area contributed by atoms with E-state index in [-0.39, 0.29) is 5.78 Å². The number of Topliss-reactive ketones (excluding diaryl/α,β-unsaturated/α-hetero) is 1. The molecule has 0 aliphatic rings. The van der Waals surface area contributed by atoms with E-state index in [2.05, 4.69) is 5.32 Å². The van der Waals surface area contributed by atoms with Crippen LogP contribution in [0.1, 0.15) is 41.1 Å². The molecule has 4 rings (SSSR count). The maximum atomic E-state index is 11.9. The summed E-state index contributed by atoms with van der Waals surface area (Å²) in [7, 11) is 0. The van der Waals surface area contributed by atoms with E-state index >= 15 is 0 Å². The lowest BCUT2D eigenvalue weighted by atomic mass is 10.1. The van der Waals surface area contributed by atoms with Gasteiger partial charge in [-0.25, -0.2) is 0 Å². The summed E-state index contributed by atoms with van der Waals surface area (Å²) in [5.41, 5.74) is 3.73. The van der Waals surface area contributed by atoms with Gasteiger partial charge in [-0.05, 0) is 54.1 Å². The quantitative estimate of drug-likeness (QED) is 0.213. The third-order valence-electron chi connectivity index (χ3n) is 5.25. The van der Waals surface area contributed by atoms with Crippen molar-refractivity contribution in [2.45, 2.75) is 26.2 Å². The molecule has 0 aliphatic carbocycles. The number of hydrogen-bond acceptors (Lipinski definition) is 4. The SMILES string of the molecule is CCC(=O)c1ccc(OC(Nc2ccc(OCc3ccccc3)cc2)c2ccccc2)cc1. The third-order valence-corrected chi connectivity index (χ3v) is 5.25. The van der Waals surface area contributed by atoms with E-state index in [4.69, 9.17) is 9.47 Å². The fourth-order valence-corrected chi connectivity index (χ4v) is 3.41. The van der Waals surface area contributed by atoms with E-state index in [9.17, 15) is 4.79 Å². The highest BCUT2D eigenvalue weighted by Crippen LogP contribution is 2.26. The van der Waals surface area contributed by atoms with Gasteiger partial charge in [0, 0.05) is 23.2 Å². The van der Waals surface area contributed by atoms with Crippen LogP contribution >= 0.6 is 0 Å². The van der Waals surface area contributed by atoms with Crippen LogP contribution in [0, 0.1) is 0 Å². The Kier molecular flexibility index (Phi) is 7.39. The van der Waals surface area contributed by atoms with Crippen molar-refractivity contribution in [1.29, 1.82) is 0 Å². The van der Waals surface area contributed by atoms with Gasteiger partial charge in [0.05, 0.1) is 0 Å². The molecule has 1 N–H and O–H groups in total. The molecule has 166 valence electrons. The van der Waals surface area contributed by atoms with Crippen molar-refractivity contribution < 1.29 is 14.3 Å². The fourth-order valence-electron chi connectivity index (χ4n) is 3.41. The van der Waals surface area contributed by atoms with Crippen molar-refractivity contribution >= 4 is 11.5 Å². The Morgan fingerprint density at radius 3 is 2.00 bits per heavy atom. The van der Waals surface area contributed by atoms with Crippen molar-refractivity contribution in [3.05, 3.63) is 126 Å². The highest BCUT2D eigenvalue weighted by atomic mass is 16.5. The van der Waals surface area contributed by atoms with Crippen LogP contribution in [0.3, 0.4) is 0 Å². The lowest BCUT2D eigenvalue weighted by Gasteiger charge is -2.22. The maximum Gasteiger partial charge on any atom is 0.196 e. The smallest absolute Gasteiger partial charge is 0.196 e. The molecule has 4 nitrogen and oxygen atoms in total. The fraction of sp³-hybridized carbons (Fsp3) is 0.138. The van der Waals surface area contributed by atoms with Crippen LogP contribution in [0.15, 0.2) is 109 Å². The minimum atomic E-state index is -0.394. The van der Waals surface area contributed by atoms with Gasteiger partial charge in [0.1, 0.15) is 18.1 Å². The molecule has 0 heterocycles. The molecule has 1 unspecified atom stereocenters. The Bertz CT molecular complexity index is 1140. The van der Waals surface area contributed by atoms with Gasteiger partial charge >= 0.3 is 0 Å². The van der Waals surface area contributed by atoms with Crippen LogP contribution < -0.4 is 14.8 Å². The van der Waals surface area contributed by atoms with Crippen LogP contribution in [0.2, 0.25) is 0 Å². The Hall–Kier alpha value is -4.05. The van der Waals surface area contributed by atoms with Gasteiger partial charge in [0.2, 0.25) is 0 Å². The summed E-state index contributed by atoms with van der Waals surface area (Å²) in [6.45, 7) is 2.39. The van der Waals surface area contributed by atoms with Gasteiger partial charge in [-0.2, -0.15) is 0 Å². The number of ether oxygens (including phenoxy) is 2. The molecule has 4 aromatic rings. The molecule has 4 heteroatoms. The van der Waals surface area contributed by atoms with Crippen LogP contribution in [-0.2, 0) is 6.61 Å². The van der Waals surface area contributed by atoms with Crippen molar-refractivity contribution in [2.75, 3.05) is 5.32 Å². The molecule has 0 aliphatic heterocycles. The van der Waals surface area contributed by atoms with Gasteiger partial charge in [0.15, 0.2) is 12.0 Å². The Balaban J connectivity index is 1.45. The molecule has 0 saturated carbocycles. The van der Waals surface area contributed by atoms with Gasteiger partial charge in [0.25, 0.3) is 0 Å². The summed E-state index contributed by atoms with van der Waals surface area (Å²) >= 11 is 0. The number of ketones is 1. The molecular weight excluding hydrogens is 410 g/mol. The Morgan fingerprint density at radius 2 is 1.36 bits per heavy atom. The largest absolute Gasteiger partial charge is 0.489 e. The lowest BCUT2D eigenvalue weighted by molar-refractivity contribution is 0.0988. The summed E-state index contributed by atoms with van der Waals surface area (Å²) < 4.78 is 12.1. The van der Waals surface area contributed by atoms with Gasteiger partial charge < -0.3 is 14.8 Å². The van der Waals surface area contributed by atoms with Gasteiger partial charge in [-0.3, -0.25) is 4.79 Å². The summed E-state index contributed by atoms with van der Waals surface area (Å²) in [4.78, 5) is 11.9. The number of hydrogen-bond donors (Lipinski definition) is 1. The summed E-state index contributed by atoms with van der Waals surface area (Å²) in [6.07, 6.45) is 0.0921. The van der Waals surface area contributed by atoms with Gasteiger partial charge in [-0.1, -0.05) is 67.6 Å². The molecule has 0 fully saturated rings. The Morgan fingerprint density at radius 1 is 0.758 bits per heavy atom. The molecule has 4 aromatic carbocycles. The second-order valence-corrected chi connectivity index (χ2v) is 7.65. The highest BCUT2D eigenvalue weighted by molar-refractivity contribution is 5.95. The zero-order valence-electron chi connectivity index (χ0n) is 18.6. The number of carbonyl (C=O) groups is 1. The van der Waals surface area contributed by atoms with Crippen LogP contribution in [0.5, 0.6) is 11.5 Å². The minimum absolute atomic E-state index is 0.119. The molecule has 0 spiro atoms. The minimum Gasteiger partial charge on any atom is -0.489 e. The van der Waals surface area contributed by atoms with Crippen LogP contribution in [0.25, 0.3) is 0 Å².